The van der Waals surface area contributed by atoms with Crippen LogP contribution < -0.4 is 29.8 Å². The smallest absolute Gasteiger partial charge is 0.269 e. The minimum absolute atomic E-state index is 0.186. The molecule has 0 fully saturated rings. The second kappa shape index (κ2) is 9.50. The maximum Gasteiger partial charge on any atom is 0.269 e. The molecule has 0 saturated carbocycles. The van der Waals surface area contributed by atoms with Crippen molar-refractivity contribution in [2.24, 2.45) is 0 Å². The van der Waals surface area contributed by atoms with Crippen LogP contribution in [0.3, 0.4) is 0 Å². The third-order valence-electron chi connectivity index (χ3n) is 4.01. The number of carbonyl (C=O) groups excluding carboxylic acids is 2. The van der Waals surface area contributed by atoms with Gasteiger partial charge in [0.05, 0.1) is 13.7 Å². The number of methoxy groups -OCH3 is 1. The average Bonchev–Trinajstić information content (AvgIpc) is 3.22. The summed E-state index contributed by atoms with van der Waals surface area (Å²) in [5, 5.41) is 0. The highest BCUT2D eigenvalue weighted by atomic mass is 16.7. The molecule has 1 heterocycles. The Morgan fingerprint density at radius 3 is 2.69 bits per heavy atom. The molecule has 2 aromatic rings. The molecule has 0 radical (unpaired) electrons. The molecule has 1 aliphatic rings. The van der Waals surface area contributed by atoms with Crippen LogP contribution in [-0.4, -0.2) is 32.3 Å². The summed E-state index contributed by atoms with van der Waals surface area (Å²) < 4.78 is 21.3. The summed E-state index contributed by atoms with van der Waals surface area (Å²) in [4.78, 5) is 24.2. The van der Waals surface area contributed by atoms with Crippen LogP contribution in [-0.2, 0) is 4.79 Å². The second-order valence-electron chi connectivity index (χ2n) is 6.10. The van der Waals surface area contributed by atoms with Gasteiger partial charge >= 0.3 is 0 Å². The first-order chi connectivity index (χ1) is 14.1. The van der Waals surface area contributed by atoms with E-state index in [1.165, 1.54) is 13.2 Å². The first-order valence-corrected chi connectivity index (χ1v) is 9.09. The number of rotatable bonds is 7. The zero-order valence-electron chi connectivity index (χ0n) is 16.2. The molecule has 0 saturated heterocycles. The van der Waals surface area contributed by atoms with Crippen LogP contribution in [0.2, 0.25) is 0 Å². The molecule has 1 aliphatic heterocycles. The number of hydrogen-bond donors (Lipinski definition) is 2. The predicted molar refractivity (Wildman–Crippen MR) is 106 cm³/mol. The van der Waals surface area contributed by atoms with E-state index in [4.69, 9.17) is 18.9 Å². The van der Waals surface area contributed by atoms with Crippen LogP contribution in [0.4, 0.5) is 0 Å². The number of ether oxygens (including phenoxy) is 4. The lowest BCUT2D eigenvalue weighted by Crippen LogP contribution is -2.40. The van der Waals surface area contributed by atoms with Crippen molar-refractivity contribution in [2.45, 2.75) is 13.3 Å². The summed E-state index contributed by atoms with van der Waals surface area (Å²) >= 11 is 0. The van der Waals surface area contributed by atoms with Crippen molar-refractivity contribution < 1.29 is 28.5 Å². The third kappa shape index (κ3) is 5.19. The van der Waals surface area contributed by atoms with Crippen molar-refractivity contribution in [1.82, 2.24) is 10.9 Å². The number of amides is 2. The van der Waals surface area contributed by atoms with Gasteiger partial charge in [-0.25, -0.2) is 0 Å². The molecular weight excluding hydrogens is 376 g/mol. The molecule has 152 valence electrons. The van der Waals surface area contributed by atoms with E-state index < -0.39 is 11.8 Å². The van der Waals surface area contributed by atoms with Crippen molar-refractivity contribution in [1.29, 1.82) is 0 Å². The van der Waals surface area contributed by atoms with Gasteiger partial charge < -0.3 is 18.9 Å². The standard InChI is InChI=1S/C21H22N2O6/c1-3-10-27-16-8-6-15(12-18(16)26-2)21(25)23-22-20(24)9-5-14-4-7-17-19(11-14)29-13-28-17/h4-9,11-12H,3,10,13H2,1-2H3,(H,22,24)(H,23,25)/b9-5+. The number of fused-ring (bicyclic) bond motifs is 1. The highest BCUT2D eigenvalue weighted by Crippen LogP contribution is 2.32. The summed E-state index contributed by atoms with van der Waals surface area (Å²) in [7, 11) is 1.50. The summed E-state index contributed by atoms with van der Waals surface area (Å²) in [5.41, 5.74) is 5.79. The van der Waals surface area contributed by atoms with Crippen LogP contribution in [0.1, 0.15) is 29.3 Å². The van der Waals surface area contributed by atoms with Crippen LogP contribution in [0.15, 0.2) is 42.5 Å². The Hall–Kier alpha value is -3.68. The van der Waals surface area contributed by atoms with Gasteiger partial charge in [0.1, 0.15) is 0 Å². The van der Waals surface area contributed by atoms with Gasteiger partial charge in [-0.3, -0.25) is 20.4 Å². The Kier molecular flexibility index (Phi) is 6.57. The SMILES string of the molecule is CCCOc1ccc(C(=O)NNC(=O)/C=C/c2ccc3c(c2)OCO3)cc1OC. The Balaban J connectivity index is 1.55. The fourth-order valence-electron chi connectivity index (χ4n) is 2.56. The molecule has 29 heavy (non-hydrogen) atoms. The van der Waals surface area contributed by atoms with Gasteiger partial charge in [-0.1, -0.05) is 13.0 Å². The van der Waals surface area contributed by atoms with Gasteiger partial charge in [0.25, 0.3) is 11.8 Å². The van der Waals surface area contributed by atoms with E-state index in [0.29, 0.717) is 35.2 Å². The summed E-state index contributed by atoms with van der Waals surface area (Å²) in [6, 6.07) is 10.1. The number of carbonyl (C=O) groups is 2. The fraction of sp³-hybridized carbons (Fsp3) is 0.238. The summed E-state index contributed by atoms with van der Waals surface area (Å²) in [6.07, 6.45) is 3.77. The average molecular weight is 398 g/mol. The molecule has 2 amide bonds. The molecule has 2 N–H and O–H groups in total. The van der Waals surface area contributed by atoms with Crippen molar-refractivity contribution in [3.05, 3.63) is 53.6 Å². The van der Waals surface area contributed by atoms with Crippen LogP contribution in [0.25, 0.3) is 6.08 Å². The topological polar surface area (TPSA) is 95.1 Å². The first kappa shape index (κ1) is 20.1. The normalized spacial score (nSPS) is 11.9. The monoisotopic (exact) mass is 398 g/mol. The predicted octanol–water partition coefficient (Wildman–Crippen LogP) is 2.69. The van der Waals surface area contributed by atoms with Crippen LogP contribution in [0, 0.1) is 0 Å². The molecule has 0 unspecified atom stereocenters. The first-order valence-electron chi connectivity index (χ1n) is 9.09. The number of hydrazine groups is 1. The van der Waals surface area contributed by atoms with Gasteiger partial charge in [-0.2, -0.15) is 0 Å². The summed E-state index contributed by atoms with van der Waals surface area (Å²) in [5.74, 6) is 1.34. The summed E-state index contributed by atoms with van der Waals surface area (Å²) in [6.45, 7) is 2.73. The van der Waals surface area contributed by atoms with Gasteiger partial charge in [0, 0.05) is 11.6 Å². The minimum Gasteiger partial charge on any atom is -0.493 e. The fourth-order valence-corrected chi connectivity index (χ4v) is 2.56. The lowest BCUT2D eigenvalue weighted by atomic mass is 10.2. The van der Waals surface area contributed by atoms with E-state index in [9.17, 15) is 9.59 Å². The van der Waals surface area contributed by atoms with E-state index in [2.05, 4.69) is 10.9 Å². The van der Waals surface area contributed by atoms with Crippen LogP contribution in [0.5, 0.6) is 23.0 Å². The van der Waals surface area contributed by atoms with Gasteiger partial charge in [0.2, 0.25) is 6.79 Å². The van der Waals surface area contributed by atoms with E-state index in [1.807, 2.05) is 6.92 Å². The highest BCUT2D eigenvalue weighted by Gasteiger charge is 2.13. The molecule has 8 heteroatoms. The molecule has 3 rings (SSSR count). The van der Waals surface area contributed by atoms with Gasteiger partial charge in [-0.05, 0) is 48.4 Å². The maximum atomic E-state index is 12.3. The maximum absolute atomic E-state index is 12.3. The van der Waals surface area contributed by atoms with E-state index in [1.54, 1.807) is 42.5 Å². The van der Waals surface area contributed by atoms with Gasteiger partial charge in [-0.15, -0.1) is 0 Å². The third-order valence-corrected chi connectivity index (χ3v) is 4.01. The second-order valence-corrected chi connectivity index (χ2v) is 6.10. The zero-order chi connectivity index (χ0) is 20.6. The largest absolute Gasteiger partial charge is 0.493 e. The Morgan fingerprint density at radius 2 is 1.90 bits per heavy atom. The van der Waals surface area contributed by atoms with Crippen LogP contribution >= 0.6 is 0 Å². The highest BCUT2D eigenvalue weighted by molar-refractivity contribution is 5.98. The van der Waals surface area contributed by atoms with Crippen molar-refractivity contribution in [3.63, 3.8) is 0 Å². The molecule has 0 bridgehead atoms. The van der Waals surface area contributed by atoms with E-state index >= 15 is 0 Å². The molecular formula is C21H22N2O6. The molecule has 8 nitrogen and oxygen atoms in total. The molecule has 0 aliphatic carbocycles. The lowest BCUT2D eigenvalue weighted by Gasteiger charge is -2.12. The molecule has 0 aromatic heterocycles. The quantitative estimate of drug-likeness (QED) is 0.550. The Morgan fingerprint density at radius 1 is 1.07 bits per heavy atom. The zero-order valence-corrected chi connectivity index (χ0v) is 16.2. The van der Waals surface area contributed by atoms with E-state index in [-0.39, 0.29) is 6.79 Å². The number of nitrogens with one attached hydrogen (secondary N) is 2. The minimum atomic E-state index is -0.481. The Labute approximate surface area is 168 Å². The molecule has 0 atom stereocenters. The lowest BCUT2D eigenvalue weighted by molar-refractivity contribution is -0.117. The van der Waals surface area contributed by atoms with Crippen molar-refractivity contribution >= 4 is 17.9 Å². The molecule has 0 spiro atoms. The number of hydrogen-bond acceptors (Lipinski definition) is 6. The number of benzene rings is 2. The molecule has 2 aromatic carbocycles. The van der Waals surface area contributed by atoms with Crippen molar-refractivity contribution in [3.8, 4) is 23.0 Å². The van der Waals surface area contributed by atoms with Crippen molar-refractivity contribution in [2.75, 3.05) is 20.5 Å². The van der Waals surface area contributed by atoms with Gasteiger partial charge in [0.15, 0.2) is 23.0 Å². The van der Waals surface area contributed by atoms with E-state index in [0.717, 1.165) is 12.0 Å². The Bertz CT molecular complexity index is 925.